The van der Waals surface area contributed by atoms with Gasteiger partial charge in [0, 0.05) is 6.42 Å². The second kappa shape index (κ2) is 53.8. The Kier molecular flexibility index (Phi) is 49.1. The summed E-state index contributed by atoms with van der Waals surface area (Å²) in [5.74, 6) is -0.276. The minimum Gasteiger partial charge on any atom is -0.394 e. The maximum Gasteiger partial charge on any atom is 0.220 e. The zero-order chi connectivity index (χ0) is 66.1. The van der Waals surface area contributed by atoms with Crippen LogP contribution in [0.1, 0.15) is 271 Å². The summed E-state index contributed by atoms with van der Waals surface area (Å²) in [6.07, 6.45) is 37.9. The van der Waals surface area contributed by atoms with Crippen LogP contribution in [-0.2, 0) is 33.2 Å². The van der Waals surface area contributed by atoms with Gasteiger partial charge in [0.15, 0.2) is 18.9 Å². The highest BCUT2D eigenvalue weighted by molar-refractivity contribution is 5.76. The Bertz CT molecular complexity index is 1840. The van der Waals surface area contributed by atoms with E-state index in [4.69, 9.17) is 28.4 Å². The van der Waals surface area contributed by atoms with E-state index in [1.54, 1.807) is 6.08 Å². The number of unbranched alkanes of at least 4 members (excludes halogenated alkanes) is 34. The van der Waals surface area contributed by atoms with Crippen molar-refractivity contribution in [3.63, 3.8) is 0 Å². The Balaban J connectivity index is 1.42. The van der Waals surface area contributed by atoms with Crippen molar-refractivity contribution in [3.05, 3.63) is 48.6 Å². The molecule has 0 aromatic rings. The third kappa shape index (κ3) is 35.5. The fourth-order valence-corrected chi connectivity index (χ4v) is 12.2. The van der Waals surface area contributed by atoms with Crippen LogP contribution < -0.4 is 5.32 Å². The van der Waals surface area contributed by atoms with E-state index in [2.05, 4.69) is 55.6 Å². The van der Waals surface area contributed by atoms with Crippen molar-refractivity contribution in [2.75, 3.05) is 26.4 Å². The summed E-state index contributed by atoms with van der Waals surface area (Å²) in [4.78, 5) is 13.4. The second-order valence-corrected chi connectivity index (χ2v) is 26.1. The molecule has 3 heterocycles. The zero-order valence-corrected chi connectivity index (χ0v) is 56.3. The van der Waals surface area contributed by atoms with Gasteiger partial charge in [-0.1, -0.05) is 255 Å². The van der Waals surface area contributed by atoms with Crippen LogP contribution in [0, 0.1) is 0 Å². The topological polar surface area (TPSA) is 307 Å². The lowest BCUT2D eigenvalue weighted by atomic mass is 9.96. The average Bonchev–Trinajstić information content (AvgIpc) is 0.885. The fraction of sp³-hybridized carbons (Fsp3) is 0.875. The maximum atomic E-state index is 13.4. The van der Waals surface area contributed by atoms with E-state index in [0.29, 0.717) is 6.42 Å². The van der Waals surface area contributed by atoms with E-state index in [1.165, 1.54) is 180 Å². The van der Waals surface area contributed by atoms with Gasteiger partial charge in [0.25, 0.3) is 0 Å². The van der Waals surface area contributed by atoms with Crippen molar-refractivity contribution in [1.82, 2.24) is 5.32 Å². The molecule has 12 N–H and O–H groups in total. The molecule has 17 atom stereocenters. The van der Waals surface area contributed by atoms with Gasteiger partial charge < -0.3 is 89.9 Å². The molecule has 0 aliphatic carbocycles. The Morgan fingerprint density at radius 2 is 0.725 bits per heavy atom. The third-order valence-electron chi connectivity index (χ3n) is 18.1. The van der Waals surface area contributed by atoms with Gasteiger partial charge in [-0.15, -0.1) is 0 Å². The van der Waals surface area contributed by atoms with Crippen molar-refractivity contribution in [2.45, 2.75) is 375 Å². The molecule has 3 fully saturated rings. The van der Waals surface area contributed by atoms with Crippen LogP contribution in [0.5, 0.6) is 0 Å². The minimum absolute atomic E-state index is 0.241. The summed E-state index contributed by atoms with van der Waals surface area (Å²) >= 11 is 0. The molecule has 1 amide bonds. The Hall–Kier alpha value is -2.25. The van der Waals surface area contributed by atoms with E-state index in [9.17, 15) is 61.0 Å². The Morgan fingerprint density at radius 1 is 0.396 bits per heavy atom. The van der Waals surface area contributed by atoms with Gasteiger partial charge in [-0.05, 0) is 57.8 Å². The number of aliphatic hydroxyl groups excluding tert-OH is 11. The smallest absolute Gasteiger partial charge is 0.220 e. The second-order valence-electron chi connectivity index (χ2n) is 26.1. The highest BCUT2D eigenvalue weighted by atomic mass is 16.8. The number of hydrogen-bond donors (Lipinski definition) is 12. The van der Waals surface area contributed by atoms with E-state index < -0.39 is 124 Å². The number of carbonyl (C=O) groups excluding carboxylic acids is 1. The lowest BCUT2D eigenvalue weighted by Gasteiger charge is -2.48. The van der Waals surface area contributed by atoms with Crippen LogP contribution >= 0.6 is 0 Å². The molecule has 19 heteroatoms. The van der Waals surface area contributed by atoms with Crippen molar-refractivity contribution in [1.29, 1.82) is 0 Å². The molecule has 3 aliphatic rings. The van der Waals surface area contributed by atoms with Gasteiger partial charge in [-0.25, -0.2) is 0 Å². The number of amides is 1. The minimum atomic E-state index is -1.98. The molecule has 0 aromatic heterocycles. The molecule has 17 unspecified atom stereocenters. The molecule has 3 aliphatic heterocycles. The van der Waals surface area contributed by atoms with Gasteiger partial charge in [0.2, 0.25) is 5.91 Å². The lowest BCUT2D eigenvalue weighted by Crippen LogP contribution is -2.66. The number of hydrogen-bond acceptors (Lipinski definition) is 18. The first kappa shape index (κ1) is 83.0. The molecular formula is C72H131NO18. The monoisotopic (exact) mass is 1300 g/mol. The maximum absolute atomic E-state index is 13.4. The van der Waals surface area contributed by atoms with Gasteiger partial charge in [-0.3, -0.25) is 4.79 Å². The largest absolute Gasteiger partial charge is 0.394 e. The number of aliphatic hydroxyl groups is 11. The molecule has 0 bridgehead atoms. The predicted octanol–water partition coefficient (Wildman–Crippen LogP) is 10.2. The van der Waals surface area contributed by atoms with Crippen molar-refractivity contribution in [3.8, 4) is 0 Å². The fourth-order valence-electron chi connectivity index (χ4n) is 12.2. The standard InChI is InChI=1S/C72H131NO18/c1-3-5-7-9-11-13-15-17-19-21-23-24-25-26-27-28-29-30-32-34-36-38-40-42-44-46-48-50-60(78)73-55(56(77)49-47-45-43-41-39-37-35-33-31-22-20-18-16-14-12-10-8-6-4-2)54-86-70-66(84)63(81)68(58(52-75)88-70)91-72-67(85)64(82)69(59(53-76)89-72)90-71-65(83)62(80)61(79)57(51-74)87-71/h15,17,21,23,25-26,47,49,55-59,61-72,74-77,79-85H,3-14,16,18-20,22,24,27-46,48,50-54H2,1-2H3,(H,73,78)/b17-15-,23-21-,26-25-,49-47+. The van der Waals surface area contributed by atoms with Crippen LogP contribution in [0.3, 0.4) is 0 Å². The zero-order valence-electron chi connectivity index (χ0n) is 56.3. The highest BCUT2D eigenvalue weighted by Gasteiger charge is 2.53. The number of nitrogens with one attached hydrogen (secondary N) is 1. The van der Waals surface area contributed by atoms with Gasteiger partial charge in [0.05, 0.1) is 38.6 Å². The molecule has 3 saturated heterocycles. The van der Waals surface area contributed by atoms with Crippen LogP contribution in [0.25, 0.3) is 0 Å². The van der Waals surface area contributed by atoms with E-state index in [1.807, 2.05) is 6.08 Å². The molecule has 0 saturated carbocycles. The van der Waals surface area contributed by atoms with Crippen molar-refractivity contribution in [2.24, 2.45) is 0 Å². The van der Waals surface area contributed by atoms with Gasteiger partial charge >= 0.3 is 0 Å². The first-order chi connectivity index (χ1) is 44.3. The summed E-state index contributed by atoms with van der Waals surface area (Å²) in [5, 5.41) is 121. The number of rotatable bonds is 56. The van der Waals surface area contributed by atoms with E-state index in [0.717, 1.165) is 64.2 Å². The highest BCUT2D eigenvalue weighted by Crippen LogP contribution is 2.33. The van der Waals surface area contributed by atoms with Crippen molar-refractivity contribution < 1.29 is 89.4 Å². The molecule has 0 spiro atoms. The summed E-state index contributed by atoms with van der Waals surface area (Å²) in [5.41, 5.74) is 0. The van der Waals surface area contributed by atoms with E-state index in [-0.39, 0.29) is 18.9 Å². The molecule has 0 radical (unpaired) electrons. The first-order valence-electron chi connectivity index (χ1n) is 36.4. The van der Waals surface area contributed by atoms with Gasteiger partial charge in [-0.2, -0.15) is 0 Å². The first-order valence-corrected chi connectivity index (χ1v) is 36.4. The summed E-state index contributed by atoms with van der Waals surface area (Å²) < 4.78 is 34.4. The SMILES string of the molecule is CCCCCCC/C=C\C/C=C\C/C=C\CCCCCCCCCCCCCCC(=O)NC(COC1OC(CO)C(OC2OC(CO)C(OC3OC(CO)C(O)C(O)C3O)C(O)C2O)C(O)C1O)C(O)/C=C/CCCCCCCCCCCCCCCCCCC. The number of carbonyl (C=O) groups is 1. The van der Waals surface area contributed by atoms with E-state index >= 15 is 0 Å². The van der Waals surface area contributed by atoms with Crippen molar-refractivity contribution >= 4 is 5.91 Å². The summed E-state index contributed by atoms with van der Waals surface area (Å²) in [6, 6.07) is -0.976. The average molecular weight is 1300 g/mol. The molecule has 91 heavy (non-hydrogen) atoms. The molecule has 3 rings (SSSR count). The Morgan fingerprint density at radius 3 is 1.13 bits per heavy atom. The van der Waals surface area contributed by atoms with Crippen LogP contribution in [0.4, 0.5) is 0 Å². The quantitative estimate of drug-likeness (QED) is 0.0199. The lowest BCUT2D eigenvalue weighted by molar-refractivity contribution is -0.379. The van der Waals surface area contributed by atoms with Crippen LogP contribution in [0.2, 0.25) is 0 Å². The number of ether oxygens (including phenoxy) is 6. The number of allylic oxidation sites excluding steroid dienone is 7. The molecular weight excluding hydrogens is 1170 g/mol. The predicted molar refractivity (Wildman–Crippen MR) is 356 cm³/mol. The molecule has 19 nitrogen and oxygen atoms in total. The van der Waals surface area contributed by atoms with Gasteiger partial charge in [0.1, 0.15) is 73.2 Å². The van der Waals surface area contributed by atoms with Crippen LogP contribution in [-0.4, -0.2) is 193 Å². The molecule has 0 aromatic carbocycles. The van der Waals surface area contributed by atoms with Crippen LogP contribution in [0.15, 0.2) is 48.6 Å². The molecule has 532 valence electrons. The Labute approximate surface area is 548 Å². The normalized spacial score (nSPS) is 28.1. The summed E-state index contributed by atoms with van der Waals surface area (Å²) in [7, 11) is 0. The summed E-state index contributed by atoms with van der Waals surface area (Å²) in [6.45, 7) is 1.74. The third-order valence-corrected chi connectivity index (χ3v) is 18.1.